The van der Waals surface area contributed by atoms with E-state index in [1.54, 1.807) is 0 Å². The molecule has 3 aromatic rings. The van der Waals surface area contributed by atoms with Crippen LogP contribution in [-0.2, 0) is 17.9 Å². The van der Waals surface area contributed by atoms with Gasteiger partial charge < -0.3 is 9.47 Å². The molecule has 0 unspecified atom stereocenters. The van der Waals surface area contributed by atoms with Gasteiger partial charge in [-0.3, -0.25) is 4.79 Å². The molecule has 0 saturated carbocycles. The third-order valence-electron chi connectivity index (χ3n) is 5.46. The molecule has 4 nitrogen and oxygen atoms in total. The number of benzene rings is 1. The number of fused-ring (bicyclic) bond motifs is 2. The summed E-state index contributed by atoms with van der Waals surface area (Å²) in [6, 6.07) is 14.7. The Morgan fingerprint density at radius 3 is 2.74 bits per heavy atom. The van der Waals surface area contributed by atoms with Crippen LogP contribution in [0.4, 0.5) is 0 Å². The molecule has 0 atom stereocenters. The average Bonchev–Trinajstić information content (AvgIpc) is 3.26. The van der Waals surface area contributed by atoms with Crippen LogP contribution in [0.3, 0.4) is 0 Å². The molecule has 0 aliphatic carbocycles. The van der Waals surface area contributed by atoms with Gasteiger partial charge in [-0.25, -0.2) is 0 Å². The Morgan fingerprint density at radius 1 is 1.15 bits per heavy atom. The molecule has 2 aromatic heterocycles. The second-order valence-corrected chi connectivity index (χ2v) is 6.99. The summed E-state index contributed by atoms with van der Waals surface area (Å²) in [5.74, 6) is 0.168. The van der Waals surface area contributed by atoms with Gasteiger partial charge in [-0.2, -0.15) is 4.57 Å². The first kappa shape index (κ1) is 17.5. The standard InChI is InChI=1S/C23H26N3O/c1-3-24(4-2)23(27)17-26-16-19(20-9-5-6-11-22(20)26)15-18-12-14-25-13-8-7-10-21(18)25/h5-11,13,15-16H,3-4,12,14,17H2,1-2H3/q+1. The Kier molecular flexibility index (Phi) is 4.80. The summed E-state index contributed by atoms with van der Waals surface area (Å²) in [5, 5.41) is 1.20. The van der Waals surface area contributed by atoms with Crippen molar-refractivity contribution in [1.29, 1.82) is 0 Å². The first-order valence-corrected chi connectivity index (χ1v) is 9.76. The summed E-state index contributed by atoms with van der Waals surface area (Å²) >= 11 is 0. The van der Waals surface area contributed by atoms with E-state index in [4.69, 9.17) is 0 Å². The number of hydrogen-bond donors (Lipinski definition) is 0. The molecule has 3 heterocycles. The fourth-order valence-electron chi connectivity index (χ4n) is 4.01. The zero-order chi connectivity index (χ0) is 18.8. The van der Waals surface area contributed by atoms with Gasteiger partial charge in [0.2, 0.25) is 11.6 Å². The minimum Gasteiger partial charge on any atom is -0.342 e. The molecule has 0 fully saturated rings. The van der Waals surface area contributed by atoms with Crippen molar-refractivity contribution in [3.05, 3.63) is 66.1 Å². The smallest absolute Gasteiger partial charge is 0.242 e. The fraction of sp³-hybridized carbons (Fsp3) is 0.304. The van der Waals surface area contributed by atoms with Gasteiger partial charge in [0.25, 0.3) is 0 Å². The zero-order valence-corrected chi connectivity index (χ0v) is 16.1. The van der Waals surface area contributed by atoms with Gasteiger partial charge >= 0.3 is 0 Å². The molecule has 0 spiro atoms. The number of rotatable bonds is 5. The third kappa shape index (κ3) is 3.27. The minimum atomic E-state index is 0.168. The van der Waals surface area contributed by atoms with E-state index in [1.165, 1.54) is 22.2 Å². The quantitative estimate of drug-likeness (QED) is 0.637. The van der Waals surface area contributed by atoms with E-state index in [1.807, 2.05) is 24.8 Å². The van der Waals surface area contributed by atoms with Gasteiger partial charge in [-0.15, -0.1) is 0 Å². The Bertz CT molecular complexity index is 1010. The van der Waals surface area contributed by atoms with E-state index in [0.717, 1.165) is 31.6 Å². The molecule has 138 valence electrons. The van der Waals surface area contributed by atoms with Gasteiger partial charge in [-0.05, 0) is 32.1 Å². The Morgan fingerprint density at radius 2 is 1.93 bits per heavy atom. The highest BCUT2D eigenvalue weighted by atomic mass is 16.2. The maximum absolute atomic E-state index is 12.6. The van der Waals surface area contributed by atoms with E-state index in [9.17, 15) is 4.79 Å². The lowest BCUT2D eigenvalue weighted by Gasteiger charge is -2.19. The topological polar surface area (TPSA) is 29.1 Å². The van der Waals surface area contributed by atoms with Crippen LogP contribution in [0.5, 0.6) is 0 Å². The summed E-state index contributed by atoms with van der Waals surface area (Å²) < 4.78 is 4.39. The van der Waals surface area contributed by atoms with Crippen LogP contribution < -0.4 is 4.57 Å². The summed E-state index contributed by atoms with van der Waals surface area (Å²) in [6.45, 7) is 6.97. The monoisotopic (exact) mass is 360 g/mol. The van der Waals surface area contributed by atoms with Crippen LogP contribution in [-0.4, -0.2) is 28.5 Å². The number of allylic oxidation sites excluding steroid dienone is 1. The highest BCUT2D eigenvalue weighted by Crippen LogP contribution is 2.28. The molecule has 4 rings (SSSR count). The zero-order valence-electron chi connectivity index (χ0n) is 16.1. The number of carbonyl (C=O) groups excluding carboxylic acids is 1. The summed E-state index contributed by atoms with van der Waals surface area (Å²) in [5.41, 5.74) is 4.94. The van der Waals surface area contributed by atoms with Crippen LogP contribution in [0.25, 0.3) is 22.6 Å². The molecule has 0 saturated heterocycles. The van der Waals surface area contributed by atoms with Crippen LogP contribution >= 0.6 is 0 Å². The van der Waals surface area contributed by atoms with Gasteiger partial charge in [0.1, 0.15) is 6.54 Å². The number of carbonyl (C=O) groups is 1. The fourth-order valence-corrected chi connectivity index (χ4v) is 4.01. The third-order valence-corrected chi connectivity index (χ3v) is 5.46. The van der Waals surface area contributed by atoms with E-state index >= 15 is 0 Å². The maximum Gasteiger partial charge on any atom is 0.242 e. The minimum absolute atomic E-state index is 0.168. The van der Waals surface area contributed by atoms with Gasteiger partial charge in [0.05, 0.1) is 0 Å². The predicted molar refractivity (Wildman–Crippen MR) is 109 cm³/mol. The Balaban J connectivity index is 1.73. The van der Waals surface area contributed by atoms with Crippen molar-refractivity contribution < 1.29 is 9.36 Å². The summed E-state index contributed by atoms with van der Waals surface area (Å²) in [6.07, 6.45) is 7.61. The molecule has 0 N–H and O–H groups in total. The van der Waals surface area contributed by atoms with Crippen LogP contribution in [0.1, 0.15) is 31.5 Å². The lowest BCUT2D eigenvalue weighted by molar-refractivity contribution is -0.689. The summed E-state index contributed by atoms with van der Waals surface area (Å²) in [7, 11) is 0. The molecule has 1 aliphatic heterocycles. The van der Waals surface area contributed by atoms with E-state index < -0.39 is 0 Å². The van der Waals surface area contributed by atoms with Crippen molar-refractivity contribution in [3.63, 3.8) is 0 Å². The highest BCUT2D eigenvalue weighted by Gasteiger charge is 2.23. The number of aryl methyl sites for hydroxylation is 1. The van der Waals surface area contributed by atoms with Crippen molar-refractivity contribution in [2.45, 2.75) is 33.4 Å². The van der Waals surface area contributed by atoms with E-state index in [0.29, 0.717) is 6.54 Å². The van der Waals surface area contributed by atoms with Crippen LogP contribution in [0.2, 0.25) is 0 Å². The molecule has 1 amide bonds. The average molecular weight is 360 g/mol. The Labute approximate surface area is 160 Å². The van der Waals surface area contributed by atoms with E-state index in [2.05, 4.69) is 64.0 Å². The highest BCUT2D eigenvalue weighted by molar-refractivity contribution is 5.95. The normalized spacial score (nSPS) is 14.7. The molecule has 0 bridgehead atoms. The predicted octanol–water partition coefficient (Wildman–Crippen LogP) is 3.74. The number of aromatic nitrogens is 2. The number of hydrogen-bond acceptors (Lipinski definition) is 1. The van der Waals surface area contributed by atoms with E-state index in [-0.39, 0.29) is 5.91 Å². The van der Waals surface area contributed by atoms with Crippen LogP contribution in [0.15, 0.2) is 54.9 Å². The van der Waals surface area contributed by atoms with Crippen molar-refractivity contribution in [1.82, 2.24) is 9.47 Å². The second kappa shape index (κ2) is 7.39. The largest absolute Gasteiger partial charge is 0.342 e. The molecule has 27 heavy (non-hydrogen) atoms. The van der Waals surface area contributed by atoms with Gasteiger partial charge in [-0.1, -0.05) is 18.2 Å². The van der Waals surface area contributed by atoms with Crippen molar-refractivity contribution in [2.75, 3.05) is 13.1 Å². The number of amides is 1. The molecule has 1 aliphatic rings. The van der Waals surface area contributed by atoms with Crippen molar-refractivity contribution in [3.8, 4) is 0 Å². The van der Waals surface area contributed by atoms with Crippen molar-refractivity contribution >= 4 is 28.5 Å². The molecule has 0 radical (unpaired) electrons. The summed E-state index contributed by atoms with van der Waals surface area (Å²) in [4.78, 5) is 14.5. The van der Waals surface area contributed by atoms with Crippen LogP contribution in [0, 0.1) is 0 Å². The number of para-hydroxylation sites is 1. The Hall–Kier alpha value is -2.88. The number of nitrogens with zero attached hydrogens (tertiary/aromatic N) is 3. The number of pyridine rings is 1. The lowest BCUT2D eigenvalue weighted by atomic mass is 10.1. The SMILES string of the molecule is CCN(CC)C(=O)Cn1cc(C=C2CC[n+]3ccccc32)c2ccccc21. The van der Waals surface area contributed by atoms with Gasteiger partial charge in [0.15, 0.2) is 12.7 Å². The number of likely N-dealkylation sites (N-methyl/N-ethyl adjacent to an activating group) is 1. The first-order chi connectivity index (χ1) is 13.2. The van der Waals surface area contributed by atoms with Crippen molar-refractivity contribution in [2.24, 2.45) is 0 Å². The molecule has 4 heteroatoms. The van der Waals surface area contributed by atoms with Gasteiger partial charge in [0, 0.05) is 59.9 Å². The molecular weight excluding hydrogens is 334 g/mol. The second-order valence-electron chi connectivity index (χ2n) is 6.99. The molecule has 1 aromatic carbocycles. The lowest BCUT2D eigenvalue weighted by Crippen LogP contribution is -2.33. The molecular formula is C23H26N3O+. The first-order valence-electron chi connectivity index (χ1n) is 9.76. The maximum atomic E-state index is 12.6.